The fraction of sp³-hybridized carbons (Fsp3) is 0.108. The first-order valence-corrected chi connectivity index (χ1v) is 14.0. The second kappa shape index (κ2) is 14.5. The molecular formula is C37H30O7. The van der Waals surface area contributed by atoms with E-state index in [9.17, 15) is 14.4 Å². The van der Waals surface area contributed by atoms with Gasteiger partial charge in [0, 0.05) is 0 Å². The average Bonchev–Trinajstić information content (AvgIpc) is 3.06. The highest BCUT2D eigenvalue weighted by atomic mass is 16.5. The summed E-state index contributed by atoms with van der Waals surface area (Å²) in [4.78, 5) is 36.3. The fourth-order valence-electron chi connectivity index (χ4n) is 4.61. The largest absolute Gasteiger partial charge is 0.489 e. The molecule has 0 amide bonds. The van der Waals surface area contributed by atoms with Crippen LogP contribution in [-0.4, -0.2) is 23.0 Å². The van der Waals surface area contributed by atoms with Gasteiger partial charge in [-0.05, 0) is 75.8 Å². The third kappa shape index (κ3) is 8.20. The van der Waals surface area contributed by atoms with Gasteiger partial charge in [0.15, 0.2) is 0 Å². The molecule has 220 valence electrons. The van der Waals surface area contributed by atoms with Crippen molar-refractivity contribution in [2.24, 2.45) is 0 Å². The second-order valence-electron chi connectivity index (χ2n) is 10.1. The van der Waals surface area contributed by atoms with Gasteiger partial charge in [0.2, 0.25) is 0 Å². The molecule has 0 heterocycles. The molecule has 0 bridgehead atoms. The third-order valence-electron chi connectivity index (χ3n) is 6.86. The van der Waals surface area contributed by atoms with Crippen LogP contribution in [0.15, 0.2) is 127 Å². The molecule has 7 nitrogen and oxygen atoms in total. The lowest BCUT2D eigenvalue weighted by Crippen LogP contribution is -2.10. The summed E-state index contributed by atoms with van der Waals surface area (Å²) < 4.78 is 17.3. The van der Waals surface area contributed by atoms with Crippen molar-refractivity contribution in [2.75, 3.05) is 0 Å². The molecule has 0 fully saturated rings. The van der Waals surface area contributed by atoms with Gasteiger partial charge in [0.25, 0.3) is 0 Å². The van der Waals surface area contributed by atoms with E-state index in [4.69, 9.17) is 19.3 Å². The minimum absolute atomic E-state index is 0.00999. The quantitative estimate of drug-likeness (QED) is 0.154. The molecule has 0 aromatic heterocycles. The van der Waals surface area contributed by atoms with E-state index in [1.165, 1.54) is 0 Å². The number of benzene rings is 5. The third-order valence-corrected chi connectivity index (χ3v) is 6.86. The van der Waals surface area contributed by atoms with Crippen LogP contribution in [0.4, 0.5) is 0 Å². The predicted octanol–water partition coefficient (Wildman–Crippen LogP) is 7.27. The van der Waals surface area contributed by atoms with Gasteiger partial charge in [-0.2, -0.15) is 0 Å². The summed E-state index contributed by atoms with van der Waals surface area (Å²) in [5.74, 6) is -1.14. The van der Waals surface area contributed by atoms with Crippen LogP contribution in [0.25, 0.3) is 11.1 Å². The van der Waals surface area contributed by atoms with Crippen molar-refractivity contribution >= 4 is 17.9 Å². The van der Waals surface area contributed by atoms with Crippen molar-refractivity contribution in [3.05, 3.63) is 161 Å². The monoisotopic (exact) mass is 586 g/mol. The van der Waals surface area contributed by atoms with Crippen LogP contribution in [0.2, 0.25) is 0 Å². The van der Waals surface area contributed by atoms with E-state index in [0.717, 1.165) is 22.3 Å². The molecule has 44 heavy (non-hydrogen) atoms. The normalized spacial score (nSPS) is 10.5. The van der Waals surface area contributed by atoms with Crippen molar-refractivity contribution in [3.63, 3.8) is 0 Å². The molecule has 5 aromatic carbocycles. The van der Waals surface area contributed by atoms with Crippen molar-refractivity contribution in [3.8, 4) is 16.9 Å². The molecule has 7 heteroatoms. The molecule has 0 spiro atoms. The number of carboxylic acid groups (broad SMARTS) is 1. The summed E-state index contributed by atoms with van der Waals surface area (Å²) in [6.07, 6.45) is -0.0471. The molecule has 5 aromatic rings. The molecule has 0 radical (unpaired) electrons. The lowest BCUT2D eigenvalue weighted by Gasteiger charge is -2.14. The topological polar surface area (TPSA) is 99.1 Å². The summed E-state index contributed by atoms with van der Waals surface area (Å²) in [5, 5.41) is 9.14. The standard InChI is InChI=1S/C37H30O7/c38-35(39)21-26-9-7-14-30(19-26)31-15-8-16-34(22-31)42-23-27-17-18-32(24-43-36(40)28-10-3-1-4-11-28)33(20-27)25-44-37(41)29-12-5-2-6-13-29/h1-20,22H,21,23-25H2,(H,38,39). The van der Waals surface area contributed by atoms with Crippen LogP contribution in [0, 0.1) is 0 Å². The number of hydrogen-bond donors (Lipinski definition) is 1. The zero-order valence-electron chi connectivity index (χ0n) is 23.8. The molecule has 0 saturated heterocycles. The summed E-state index contributed by atoms with van der Waals surface area (Å²) in [7, 11) is 0. The average molecular weight is 587 g/mol. The van der Waals surface area contributed by atoms with Gasteiger partial charge in [0.05, 0.1) is 17.5 Å². The van der Waals surface area contributed by atoms with Gasteiger partial charge in [0.1, 0.15) is 25.6 Å². The van der Waals surface area contributed by atoms with Gasteiger partial charge in [-0.15, -0.1) is 0 Å². The maximum atomic E-state index is 12.6. The van der Waals surface area contributed by atoms with Crippen LogP contribution < -0.4 is 4.74 Å². The van der Waals surface area contributed by atoms with Gasteiger partial charge in [-0.3, -0.25) is 4.79 Å². The summed E-state index contributed by atoms with van der Waals surface area (Å²) in [6, 6.07) is 38.1. The SMILES string of the molecule is O=C(O)Cc1cccc(-c2cccc(OCc3ccc(COC(=O)c4ccccc4)c(COC(=O)c4ccccc4)c3)c2)c1. The van der Waals surface area contributed by atoms with E-state index < -0.39 is 17.9 Å². The zero-order chi connectivity index (χ0) is 30.7. The number of aliphatic carboxylic acids is 1. The van der Waals surface area contributed by atoms with Gasteiger partial charge >= 0.3 is 17.9 Å². The molecule has 0 saturated carbocycles. The predicted molar refractivity (Wildman–Crippen MR) is 165 cm³/mol. The van der Waals surface area contributed by atoms with Crippen LogP contribution in [0.5, 0.6) is 5.75 Å². The Balaban J connectivity index is 1.30. The van der Waals surface area contributed by atoms with E-state index in [2.05, 4.69) is 0 Å². The maximum Gasteiger partial charge on any atom is 0.338 e. The second-order valence-corrected chi connectivity index (χ2v) is 10.1. The Kier molecular flexibility index (Phi) is 9.80. The molecule has 0 aliphatic heterocycles. The van der Waals surface area contributed by atoms with E-state index in [-0.39, 0.29) is 26.2 Å². The number of carbonyl (C=O) groups is 3. The first-order valence-electron chi connectivity index (χ1n) is 14.0. The Bertz CT molecular complexity index is 1750. The molecule has 5 rings (SSSR count). The van der Waals surface area contributed by atoms with E-state index in [0.29, 0.717) is 28.0 Å². The smallest absolute Gasteiger partial charge is 0.338 e. The first kappa shape index (κ1) is 29.8. The Morgan fingerprint density at radius 1 is 0.523 bits per heavy atom. The van der Waals surface area contributed by atoms with Crippen molar-refractivity contribution in [1.29, 1.82) is 0 Å². The number of carbonyl (C=O) groups excluding carboxylic acids is 2. The van der Waals surface area contributed by atoms with Crippen molar-refractivity contribution < 1.29 is 33.7 Å². The van der Waals surface area contributed by atoms with Crippen molar-refractivity contribution in [2.45, 2.75) is 26.2 Å². The highest BCUT2D eigenvalue weighted by molar-refractivity contribution is 5.89. The first-order chi connectivity index (χ1) is 21.4. The lowest BCUT2D eigenvalue weighted by atomic mass is 10.0. The van der Waals surface area contributed by atoms with Crippen LogP contribution in [-0.2, 0) is 40.5 Å². The summed E-state index contributed by atoms with van der Waals surface area (Å²) in [6.45, 7) is 0.240. The van der Waals surface area contributed by atoms with Gasteiger partial charge < -0.3 is 19.3 Å². The minimum Gasteiger partial charge on any atom is -0.489 e. The highest BCUT2D eigenvalue weighted by Crippen LogP contribution is 2.26. The molecule has 1 N–H and O–H groups in total. The Morgan fingerprint density at radius 3 is 1.75 bits per heavy atom. The Morgan fingerprint density at radius 2 is 1.11 bits per heavy atom. The molecular weight excluding hydrogens is 556 g/mol. The maximum absolute atomic E-state index is 12.6. The molecule has 0 aliphatic rings. The van der Waals surface area contributed by atoms with E-state index in [1.54, 1.807) is 54.6 Å². The van der Waals surface area contributed by atoms with Gasteiger partial charge in [-0.1, -0.05) is 84.9 Å². The van der Waals surface area contributed by atoms with Gasteiger partial charge in [-0.25, -0.2) is 9.59 Å². The molecule has 0 aliphatic carbocycles. The summed E-state index contributed by atoms with van der Waals surface area (Å²) in [5.41, 5.74) is 5.65. The lowest BCUT2D eigenvalue weighted by molar-refractivity contribution is -0.136. The van der Waals surface area contributed by atoms with E-state index >= 15 is 0 Å². The Hall–Kier alpha value is -5.69. The van der Waals surface area contributed by atoms with Crippen LogP contribution >= 0.6 is 0 Å². The highest BCUT2D eigenvalue weighted by Gasteiger charge is 2.13. The number of carboxylic acids is 1. The zero-order valence-corrected chi connectivity index (χ0v) is 23.8. The van der Waals surface area contributed by atoms with Crippen LogP contribution in [0.3, 0.4) is 0 Å². The molecule has 0 atom stereocenters. The minimum atomic E-state index is -0.881. The number of ether oxygens (including phenoxy) is 3. The number of esters is 2. The number of hydrogen-bond acceptors (Lipinski definition) is 6. The van der Waals surface area contributed by atoms with Crippen LogP contribution in [0.1, 0.15) is 43.0 Å². The molecule has 0 unspecified atom stereocenters. The fourth-order valence-corrected chi connectivity index (χ4v) is 4.61. The van der Waals surface area contributed by atoms with Crippen molar-refractivity contribution in [1.82, 2.24) is 0 Å². The van der Waals surface area contributed by atoms with E-state index in [1.807, 2.05) is 72.8 Å². The number of rotatable bonds is 12. The summed E-state index contributed by atoms with van der Waals surface area (Å²) >= 11 is 0. The Labute approximate surface area is 255 Å².